The van der Waals surface area contributed by atoms with Crippen molar-refractivity contribution in [1.29, 1.82) is 0 Å². The van der Waals surface area contributed by atoms with Crippen molar-refractivity contribution in [2.75, 3.05) is 11.9 Å². The van der Waals surface area contributed by atoms with Gasteiger partial charge < -0.3 is 10.6 Å². The zero-order valence-electron chi connectivity index (χ0n) is 12.6. The van der Waals surface area contributed by atoms with Crippen LogP contribution in [-0.2, 0) is 25.8 Å². The van der Waals surface area contributed by atoms with Crippen LogP contribution in [0, 0.1) is 0 Å². The average Bonchev–Trinajstić information content (AvgIpc) is 2.55. The van der Waals surface area contributed by atoms with Gasteiger partial charge >= 0.3 is 0 Å². The molecule has 0 radical (unpaired) electrons. The number of hydrogen-bond acceptors (Lipinski definition) is 5. The molecule has 0 unspecified atom stereocenters. The van der Waals surface area contributed by atoms with Gasteiger partial charge in [-0.2, -0.15) is 0 Å². The lowest BCUT2D eigenvalue weighted by molar-refractivity contribution is 0.645. The van der Waals surface area contributed by atoms with Gasteiger partial charge in [0.05, 0.1) is 11.4 Å². The van der Waals surface area contributed by atoms with Crippen molar-refractivity contribution >= 4 is 11.6 Å². The van der Waals surface area contributed by atoms with Crippen LogP contribution in [0.25, 0.3) is 0 Å². The van der Waals surface area contributed by atoms with E-state index in [0.717, 1.165) is 49.4 Å². The van der Waals surface area contributed by atoms with E-state index in [1.165, 1.54) is 11.1 Å². The van der Waals surface area contributed by atoms with E-state index in [1.807, 2.05) is 0 Å². The largest absolute Gasteiger partial charge is 0.323 e. The summed E-state index contributed by atoms with van der Waals surface area (Å²) >= 11 is 0. The monoisotopic (exact) mass is 283 g/mol. The molecule has 2 heterocycles. The fourth-order valence-electron chi connectivity index (χ4n) is 2.76. The first-order chi connectivity index (χ1) is 10.3. The van der Waals surface area contributed by atoms with E-state index >= 15 is 0 Å². The normalized spacial score (nSPS) is 13.8. The Balaban J connectivity index is 1.90. The molecular weight excluding hydrogens is 262 g/mol. The van der Waals surface area contributed by atoms with E-state index in [2.05, 4.69) is 57.9 Å². The molecule has 2 N–H and O–H groups in total. The minimum absolute atomic E-state index is 0.594. The Morgan fingerprint density at radius 2 is 2.00 bits per heavy atom. The molecule has 1 aromatic heterocycles. The number of nitrogens with zero attached hydrogens (tertiary/aromatic N) is 3. The van der Waals surface area contributed by atoms with Gasteiger partial charge in [0.2, 0.25) is 5.95 Å². The highest BCUT2D eigenvalue weighted by atomic mass is 15.2. The number of hydrogen-bond donors (Lipinski definition) is 2. The summed E-state index contributed by atoms with van der Waals surface area (Å²) in [6.07, 6.45) is 2.78. The number of aromatic nitrogens is 3. The minimum atomic E-state index is 0.594. The molecule has 3 rings (SSSR count). The van der Waals surface area contributed by atoms with Gasteiger partial charge in [-0.1, -0.05) is 26.0 Å². The zero-order chi connectivity index (χ0) is 14.7. The van der Waals surface area contributed by atoms with E-state index in [-0.39, 0.29) is 0 Å². The molecule has 0 atom stereocenters. The summed E-state index contributed by atoms with van der Waals surface area (Å²) in [5, 5.41) is 15.2. The first kappa shape index (κ1) is 13.9. The topological polar surface area (TPSA) is 62.7 Å². The maximum atomic E-state index is 4.61. The smallest absolute Gasteiger partial charge is 0.247 e. The van der Waals surface area contributed by atoms with Crippen molar-refractivity contribution in [1.82, 2.24) is 20.5 Å². The highest BCUT2D eigenvalue weighted by Crippen LogP contribution is 2.25. The molecule has 0 bridgehead atoms. The predicted molar refractivity (Wildman–Crippen MR) is 83.7 cm³/mol. The van der Waals surface area contributed by atoms with Gasteiger partial charge in [-0.15, -0.1) is 10.2 Å². The number of benzene rings is 1. The number of aryl methyl sites for hydroxylation is 2. The number of fused-ring (bicyclic) bond motifs is 1. The predicted octanol–water partition coefficient (Wildman–Crippen LogP) is 2.39. The molecular formula is C16H21N5. The maximum absolute atomic E-state index is 4.61. The quantitative estimate of drug-likeness (QED) is 0.902. The van der Waals surface area contributed by atoms with Crippen molar-refractivity contribution < 1.29 is 0 Å². The lowest BCUT2D eigenvalue weighted by Gasteiger charge is -2.20. The molecule has 1 aliphatic heterocycles. The second-order valence-electron chi connectivity index (χ2n) is 5.23. The number of nitrogens with one attached hydrogen (secondary N) is 2. The lowest BCUT2D eigenvalue weighted by Crippen LogP contribution is -2.24. The molecule has 5 heteroatoms. The summed E-state index contributed by atoms with van der Waals surface area (Å²) < 4.78 is 0. The Bertz CT molecular complexity index is 639. The van der Waals surface area contributed by atoms with Crippen LogP contribution in [0.15, 0.2) is 18.2 Å². The van der Waals surface area contributed by atoms with E-state index in [1.54, 1.807) is 0 Å². The van der Waals surface area contributed by atoms with Crippen LogP contribution in [0.4, 0.5) is 11.6 Å². The molecule has 21 heavy (non-hydrogen) atoms. The van der Waals surface area contributed by atoms with Crippen molar-refractivity contribution in [3.05, 3.63) is 40.7 Å². The molecule has 1 aromatic carbocycles. The second-order valence-corrected chi connectivity index (χ2v) is 5.23. The van der Waals surface area contributed by atoms with Crippen LogP contribution in [0.5, 0.6) is 0 Å². The molecule has 2 aromatic rings. The Labute approximate surface area is 125 Å². The first-order valence-corrected chi connectivity index (χ1v) is 7.62. The van der Waals surface area contributed by atoms with E-state index in [9.17, 15) is 0 Å². The fraction of sp³-hybridized carbons (Fsp3) is 0.438. The average molecular weight is 283 g/mol. The zero-order valence-corrected chi connectivity index (χ0v) is 12.6. The SMILES string of the molecule is CCc1nnc(Nc2cccc3c2CCNC3)nc1CC. The third-order valence-electron chi connectivity index (χ3n) is 3.90. The van der Waals surface area contributed by atoms with Crippen molar-refractivity contribution in [3.8, 4) is 0 Å². The maximum Gasteiger partial charge on any atom is 0.247 e. The molecule has 1 aliphatic rings. The van der Waals surface area contributed by atoms with Gasteiger partial charge in [-0.3, -0.25) is 0 Å². The van der Waals surface area contributed by atoms with Gasteiger partial charge in [-0.25, -0.2) is 4.98 Å². The standard InChI is InChI=1S/C16H21N5/c1-3-13-14(4-2)20-21-16(18-13)19-15-7-5-6-11-10-17-9-8-12(11)15/h5-7,17H,3-4,8-10H2,1-2H3,(H,18,19,21). The van der Waals surface area contributed by atoms with Gasteiger partial charge in [0.25, 0.3) is 0 Å². The highest BCUT2D eigenvalue weighted by Gasteiger charge is 2.14. The summed E-state index contributed by atoms with van der Waals surface area (Å²) in [5.74, 6) is 0.594. The highest BCUT2D eigenvalue weighted by molar-refractivity contribution is 5.61. The Hall–Kier alpha value is -2.01. The molecule has 0 fully saturated rings. The van der Waals surface area contributed by atoms with Crippen molar-refractivity contribution in [2.24, 2.45) is 0 Å². The molecule has 5 nitrogen and oxygen atoms in total. The van der Waals surface area contributed by atoms with Crippen LogP contribution in [0.1, 0.15) is 36.4 Å². The van der Waals surface area contributed by atoms with Gasteiger partial charge in [0.15, 0.2) is 0 Å². The van der Waals surface area contributed by atoms with Crippen molar-refractivity contribution in [3.63, 3.8) is 0 Å². The third kappa shape index (κ3) is 2.88. The van der Waals surface area contributed by atoms with Gasteiger partial charge in [0.1, 0.15) is 0 Å². The number of anilines is 2. The van der Waals surface area contributed by atoms with Crippen LogP contribution in [-0.4, -0.2) is 21.7 Å². The summed E-state index contributed by atoms with van der Waals surface area (Å²) in [4.78, 5) is 4.61. The fourth-order valence-corrected chi connectivity index (χ4v) is 2.76. The molecule has 0 amide bonds. The van der Waals surface area contributed by atoms with Crippen LogP contribution in [0.3, 0.4) is 0 Å². The van der Waals surface area contributed by atoms with E-state index in [4.69, 9.17) is 0 Å². The molecule has 0 saturated heterocycles. The summed E-state index contributed by atoms with van der Waals surface area (Å²) in [7, 11) is 0. The van der Waals surface area contributed by atoms with Crippen LogP contribution >= 0.6 is 0 Å². The summed E-state index contributed by atoms with van der Waals surface area (Å²) in [5.41, 5.74) is 5.82. The van der Waals surface area contributed by atoms with Crippen LogP contribution in [0.2, 0.25) is 0 Å². The third-order valence-corrected chi connectivity index (χ3v) is 3.90. The first-order valence-electron chi connectivity index (χ1n) is 7.62. The molecule has 0 saturated carbocycles. The van der Waals surface area contributed by atoms with Gasteiger partial charge in [0, 0.05) is 12.2 Å². The summed E-state index contributed by atoms with van der Waals surface area (Å²) in [6, 6.07) is 6.33. The Morgan fingerprint density at radius 1 is 1.14 bits per heavy atom. The van der Waals surface area contributed by atoms with E-state index in [0.29, 0.717) is 5.95 Å². The molecule has 0 spiro atoms. The summed E-state index contributed by atoms with van der Waals surface area (Å²) in [6.45, 7) is 6.13. The number of rotatable bonds is 4. The Kier molecular flexibility index (Phi) is 4.10. The second kappa shape index (κ2) is 6.18. The van der Waals surface area contributed by atoms with Crippen molar-refractivity contribution in [2.45, 2.75) is 39.7 Å². The van der Waals surface area contributed by atoms with E-state index < -0.39 is 0 Å². The minimum Gasteiger partial charge on any atom is -0.323 e. The molecule has 0 aliphatic carbocycles. The van der Waals surface area contributed by atoms with Gasteiger partial charge in [-0.05, 0) is 43.0 Å². The lowest BCUT2D eigenvalue weighted by atomic mass is 9.99. The van der Waals surface area contributed by atoms with Crippen LogP contribution < -0.4 is 10.6 Å². The molecule has 110 valence electrons. The Morgan fingerprint density at radius 3 is 2.81 bits per heavy atom.